The van der Waals surface area contributed by atoms with E-state index in [1.807, 2.05) is 6.92 Å². The van der Waals surface area contributed by atoms with E-state index in [1.165, 1.54) is 27.7 Å². The van der Waals surface area contributed by atoms with Crippen LogP contribution in [0, 0.1) is 28.1 Å². The predicted octanol–water partition coefficient (Wildman–Crippen LogP) is 7.84. The Morgan fingerprint density at radius 1 is 0.732 bits per heavy atom. The molecule has 324 valence electrons. The first-order valence-electron chi connectivity index (χ1n) is 18.7. The monoisotopic (exact) mass is 828 g/mol. The number of carbonyl (C=O) groups excluding carboxylic acids is 4. The van der Waals surface area contributed by atoms with E-state index in [-0.39, 0.29) is 32.8 Å². The van der Waals surface area contributed by atoms with Crippen LogP contribution in [-0.2, 0) is 38.1 Å². The Bertz CT molecular complexity index is 1440. The topological polar surface area (TPSA) is 146 Å². The number of hydrogen-bond acceptors (Lipinski definition) is 10. The van der Waals surface area contributed by atoms with Crippen LogP contribution in [0.1, 0.15) is 126 Å². The zero-order valence-electron chi connectivity index (χ0n) is 32.6. The molecule has 0 aromatic rings. The van der Waals surface area contributed by atoms with Crippen molar-refractivity contribution in [3.8, 4) is 0 Å². The quantitative estimate of drug-likeness (QED) is 0.101. The van der Waals surface area contributed by atoms with E-state index in [9.17, 15) is 68.9 Å². The molecule has 3 rings (SSSR count). The third-order valence-corrected chi connectivity index (χ3v) is 12.3. The predicted molar refractivity (Wildman–Crippen MR) is 177 cm³/mol. The molecular formula is C37H53F9O10. The molecule has 1 heterocycles. The first kappa shape index (κ1) is 47.5. The summed E-state index contributed by atoms with van der Waals surface area (Å²) in [5.41, 5.74) is -15.3. The molecule has 10 nitrogen and oxygen atoms in total. The highest BCUT2D eigenvalue weighted by atomic mass is 19.4. The fourth-order valence-corrected chi connectivity index (χ4v) is 8.51. The molecule has 3 fully saturated rings. The summed E-state index contributed by atoms with van der Waals surface area (Å²) in [6.07, 6.45) is -23.4. The van der Waals surface area contributed by atoms with E-state index >= 15 is 0 Å². The number of aliphatic hydroxyl groups is 2. The van der Waals surface area contributed by atoms with Crippen molar-refractivity contribution >= 4 is 23.9 Å². The second-order valence-corrected chi connectivity index (χ2v) is 17.2. The summed E-state index contributed by atoms with van der Waals surface area (Å²) < 4.78 is 147. The van der Waals surface area contributed by atoms with Gasteiger partial charge in [0, 0.05) is 18.3 Å². The van der Waals surface area contributed by atoms with E-state index < -0.39 is 125 Å². The number of esters is 4. The van der Waals surface area contributed by atoms with Crippen molar-refractivity contribution in [2.75, 3.05) is 6.61 Å². The molecule has 0 amide bonds. The number of alkyl halides is 9. The van der Waals surface area contributed by atoms with Crippen molar-refractivity contribution in [2.45, 2.75) is 173 Å². The van der Waals surface area contributed by atoms with Crippen molar-refractivity contribution in [1.82, 2.24) is 0 Å². The van der Waals surface area contributed by atoms with Crippen molar-refractivity contribution in [1.29, 1.82) is 0 Å². The largest absolute Gasteiger partial charge is 0.463 e. The van der Waals surface area contributed by atoms with Crippen LogP contribution in [0.3, 0.4) is 0 Å². The lowest BCUT2D eigenvalue weighted by atomic mass is 9.64. The van der Waals surface area contributed by atoms with Crippen LogP contribution < -0.4 is 0 Å². The van der Waals surface area contributed by atoms with Gasteiger partial charge in [0.25, 0.3) is 5.60 Å². The Morgan fingerprint density at radius 3 is 1.71 bits per heavy atom. The summed E-state index contributed by atoms with van der Waals surface area (Å²) in [5.74, 6) is -9.39. The number of ether oxygens (including phenoxy) is 4. The first-order valence-corrected chi connectivity index (χ1v) is 18.7. The maximum absolute atomic E-state index is 14.0. The number of halogens is 9. The molecule has 2 saturated carbocycles. The molecule has 0 aromatic heterocycles. The summed E-state index contributed by atoms with van der Waals surface area (Å²) in [7, 11) is 0. The van der Waals surface area contributed by atoms with Crippen molar-refractivity contribution in [3.63, 3.8) is 0 Å². The van der Waals surface area contributed by atoms with Crippen LogP contribution in [-0.4, -0.2) is 88.2 Å². The first-order chi connectivity index (χ1) is 25.2. The van der Waals surface area contributed by atoms with E-state index in [4.69, 9.17) is 18.9 Å². The van der Waals surface area contributed by atoms with Gasteiger partial charge in [-0.3, -0.25) is 14.4 Å². The summed E-state index contributed by atoms with van der Waals surface area (Å²) >= 11 is 0. The Balaban J connectivity index is 2.01. The Kier molecular flexibility index (Phi) is 13.7. The summed E-state index contributed by atoms with van der Waals surface area (Å²) in [4.78, 5) is 54.0. The molecule has 2 aliphatic carbocycles. The normalized spacial score (nSPS) is 27.0. The lowest BCUT2D eigenvalue weighted by Gasteiger charge is -2.48. The Morgan fingerprint density at radius 2 is 1.27 bits per heavy atom. The molecular weight excluding hydrogens is 775 g/mol. The lowest BCUT2D eigenvalue weighted by molar-refractivity contribution is -0.391. The minimum absolute atomic E-state index is 0.00783. The second-order valence-electron chi connectivity index (χ2n) is 17.2. The summed E-state index contributed by atoms with van der Waals surface area (Å²) in [5, 5.41) is 20.6. The van der Waals surface area contributed by atoms with Gasteiger partial charge in [0.15, 0.2) is 5.60 Å². The number of carbonyl (C=O) groups is 4. The fraction of sp³-hybridized carbons (Fsp3) is 0.892. The summed E-state index contributed by atoms with van der Waals surface area (Å²) in [6.45, 7) is 8.87. The minimum Gasteiger partial charge on any atom is -0.463 e. The van der Waals surface area contributed by atoms with Crippen LogP contribution in [0.15, 0.2) is 0 Å². The van der Waals surface area contributed by atoms with Gasteiger partial charge in [-0.25, -0.2) is 4.79 Å². The molecule has 1 saturated heterocycles. The molecule has 7 atom stereocenters. The average Bonchev–Trinajstić information content (AvgIpc) is 3.70. The van der Waals surface area contributed by atoms with E-state index in [0.29, 0.717) is 19.3 Å². The van der Waals surface area contributed by atoms with Crippen molar-refractivity contribution in [3.05, 3.63) is 0 Å². The van der Waals surface area contributed by atoms with Gasteiger partial charge in [-0.05, 0) is 105 Å². The molecule has 0 bridgehead atoms. The van der Waals surface area contributed by atoms with Gasteiger partial charge >= 0.3 is 42.4 Å². The molecule has 0 aromatic carbocycles. The molecule has 3 aliphatic rings. The highest BCUT2D eigenvalue weighted by Crippen LogP contribution is 2.56. The van der Waals surface area contributed by atoms with Crippen LogP contribution in [0.5, 0.6) is 0 Å². The molecule has 0 radical (unpaired) electrons. The van der Waals surface area contributed by atoms with Gasteiger partial charge in [-0.2, -0.15) is 39.5 Å². The average molecular weight is 829 g/mol. The maximum atomic E-state index is 14.0. The van der Waals surface area contributed by atoms with Gasteiger partial charge in [0.05, 0.1) is 22.9 Å². The number of hydrogen-bond donors (Lipinski definition) is 2. The van der Waals surface area contributed by atoms with Crippen LogP contribution in [0.2, 0.25) is 0 Å². The van der Waals surface area contributed by atoms with Gasteiger partial charge in [-0.1, -0.05) is 13.8 Å². The van der Waals surface area contributed by atoms with E-state index in [2.05, 4.69) is 0 Å². The Hall–Kier alpha value is -2.83. The zero-order chi connectivity index (χ0) is 43.1. The van der Waals surface area contributed by atoms with Gasteiger partial charge in [-0.15, -0.1) is 0 Å². The second kappa shape index (κ2) is 16.1. The highest BCUT2D eigenvalue weighted by Gasteiger charge is 2.75. The molecule has 56 heavy (non-hydrogen) atoms. The summed E-state index contributed by atoms with van der Waals surface area (Å²) in [6, 6.07) is 0. The van der Waals surface area contributed by atoms with Crippen LogP contribution in [0.4, 0.5) is 39.5 Å². The smallest absolute Gasteiger partial charge is 0.426 e. The lowest BCUT2D eigenvalue weighted by Crippen LogP contribution is -2.64. The Labute approximate surface area is 319 Å². The van der Waals surface area contributed by atoms with Crippen LogP contribution >= 0.6 is 0 Å². The van der Waals surface area contributed by atoms with E-state index in [1.54, 1.807) is 6.92 Å². The molecule has 0 spiro atoms. The zero-order valence-corrected chi connectivity index (χ0v) is 32.6. The highest BCUT2D eigenvalue weighted by molar-refractivity contribution is 5.85. The minimum atomic E-state index is -6.44. The molecule has 19 heteroatoms. The van der Waals surface area contributed by atoms with Gasteiger partial charge < -0.3 is 29.2 Å². The molecule has 2 N–H and O–H groups in total. The molecule has 1 aliphatic heterocycles. The van der Waals surface area contributed by atoms with Crippen molar-refractivity contribution < 1.29 is 87.9 Å². The standard InChI is InChI=1S/C37H53F9O10/c1-8-30(5,28(50)56-33(9-2)13-10-11-14-33)20-31(6,27(49)55-24-12-15-53-25(24)47)19-29(3,4)26(48)54-23-17-21(32(7,51)35(38,39)40)16-22(18-23)34(52,36(41,42)43)37(44,45)46/h21-24,51-52H,8-20H2,1-7H3. The van der Waals surface area contributed by atoms with Gasteiger partial charge in [0.2, 0.25) is 6.10 Å². The van der Waals surface area contributed by atoms with E-state index in [0.717, 1.165) is 12.8 Å². The number of cyclic esters (lactones) is 1. The number of rotatable bonds is 14. The third kappa shape index (κ3) is 9.54. The third-order valence-electron chi connectivity index (χ3n) is 12.3. The van der Waals surface area contributed by atoms with Crippen LogP contribution in [0.25, 0.3) is 0 Å². The SMILES string of the molecule is CCC1(OC(=O)C(C)(CC)CC(C)(CC(C)(C)C(=O)OC2CC(C(C)(O)C(F)(F)F)CC(C(O)(C(F)(F)F)C(F)(F)F)C2)C(=O)OC2CCOC2=O)CCCC1. The van der Waals surface area contributed by atoms with Gasteiger partial charge in [0.1, 0.15) is 11.7 Å². The fourth-order valence-electron chi connectivity index (χ4n) is 8.51. The molecule has 7 unspecified atom stereocenters. The van der Waals surface area contributed by atoms with Crippen molar-refractivity contribution in [2.24, 2.45) is 28.1 Å². The maximum Gasteiger partial charge on any atom is 0.426 e.